The van der Waals surface area contributed by atoms with Gasteiger partial charge in [0.2, 0.25) is 5.91 Å². The Hall–Kier alpha value is -1.35. The van der Waals surface area contributed by atoms with E-state index in [4.69, 9.17) is 0 Å². The molecule has 1 fully saturated rings. The minimum absolute atomic E-state index is 0.0869. The number of carbonyl (C=O) groups is 1. The van der Waals surface area contributed by atoms with Crippen molar-refractivity contribution in [3.63, 3.8) is 0 Å². The Labute approximate surface area is 115 Å². The number of anilines is 1. The third-order valence-electron chi connectivity index (χ3n) is 3.87. The van der Waals surface area contributed by atoms with Crippen molar-refractivity contribution in [2.75, 3.05) is 18.4 Å². The van der Waals surface area contributed by atoms with Crippen LogP contribution in [0.5, 0.6) is 0 Å². The molecule has 0 saturated carbocycles. The Morgan fingerprint density at radius 2 is 1.84 bits per heavy atom. The van der Waals surface area contributed by atoms with Crippen molar-refractivity contribution in [1.82, 2.24) is 5.32 Å². The summed E-state index contributed by atoms with van der Waals surface area (Å²) in [5.41, 5.74) is 4.50. The SMILES string of the molecule is Cc1cc(C)c(NC(=O)C2CNCC(C)C2)c(C)c1. The maximum absolute atomic E-state index is 12.4. The number of carbonyl (C=O) groups excluding carboxylic acids is 1. The van der Waals surface area contributed by atoms with Crippen LogP contribution in [0.1, 0.15) is 30.0 Å². The van der Waals surface area contributed by atoms with Gasteiger partial charge in [0.05, 0.1) is 5.92 Å². The zero-order valence-corrected chi connectivity index (χ0v) is 12.3. The molecule has 1 heterocycles. The Balaban J connectivity index is 2.10. The van der Waals surface area contributed by atoms with E-state index in [-0.39, 0.29) is 11.8 Å². The van der Waals surface area contributed by atoms with Crippen LogP contribution in [0.4, 0.5) is 5.69 Å². The van der Waals surface area contributed by atoms with Crippen LogP contribution in [0.25, 0.3) is 0 Å². The summed E-state index contributed by atoms with van der Waals surface area (Å²) in [6.45, 7) is 10.2. The van der Waals surface area contributed by atoms with Crippen LogP contribution >= 0.6 is 0 Å². The third kappa shape index (κ3) is 3.35. The quantitative estimate of drug-likeness (QED) is 0.858. The van der Waals surface area contributed by atoms with E-state index in [1.807, 2.05) is 0 Å². The smallest absolute Gasteiger partial charge is 0.228 e. The molecule has 0 aliphatic carbocycles. The van der Waals surface area contributed by atoms with E-state index in [0.717, 1.165) is 36.3 Å². The Bertz CT molecular complexity index is 459. The number of amides is 1. The predicted octanol–water partition coefficient (Wildman–Crippen LogP) is 2.80. The molecule has 3 nitrogen and oxygen atoms in total. The number of hydrogen-bond acceptors (Lipinski definition) is 2. The molecule has 3 heteroatoms. The molecule has 1 amide bonds. The van der Waals surface area contributed by atoms with E-state index in [2.05, 4.69) is 50.5 Å². The molecule has 0 aromatic heterocycles. The fourth-order valence-electron chi connectivity index (χ4n) is 2.96. The summed E-state index contributed by atoms with van der Waals surface area (Å²) in [5.74, 6) is 0.808. The largest absolute Gasteiger partial charge is 0.325 e. The lowest BCUT2D eigenvalue weighted by Crippen LogP contribution is -2.41. The second kappa shape index (κ2) is 5.74. The molecule has 2 N–H and O–H groups in total. The minimum atomic E-state index is 0.0869. The van der Waals surface area contributed by atoms with E-state index in [9.17, 15) is 4.79 Å². The Kier molecular flexibility index (Phi) is 4.25. The predicted molar refractivity (Wildman–Crippen MR) is 79.4 cm³/mol. The first-order valence-electron chi connectivity index (χ1n) is 7.06. The normalized spacial score (nSPS) is 23.2. The molecular formula is C16H24N2O. The molecule has 0 radical (unpaired) electrons. The highest BCUT2D eigenvalue weighted by molar-refractivity contribution is 5.94. The van der Waals surface area contributed by atoms with Crippen LogP contribution in [-0.4, -0.2) is 19.0 Å². The standard InChI is InChI=1S/C16H24N2O/c1-10-5-12(3)15(13(4)6-10)18-16(19)14-7-11(2)8-17-9-14/h5-6,11,14,17H,7-9H2,1-4H3,(H,18,19). The summed E-state index contributed by atoms with van der Waals surface area (Å²) in [4.78, 5) is 12.4. The van der Waals surface area contributed by atoms with Gasteiger partial charge in [-0.15, -0.1) is 0 Å². The van der Waals surface area contributed by atoms with Crippen molar-refractivity contribution < 1.29 is 4.79 Å². The highest BCUT2D eigenvalue weighted by atomic mass is 16.1. The second-order valence-corrected chi connectivity index (χ2v) is 5.96. The lowest BCUT2D eigenvalue weighted by atomic mass is 9.91. The second-order valence-electron chi connectivity index (χ2n) is 5.96. The van der Waals surface area contributed by atoms with Crippen molar-refractivity contribution in [1.29, 1.82) is 0 Å². The summed E-state index contributed by atoms with van der Waals surface area (Å²) in [6.07, 6.45) is 0.975. The molecule has 2 unspecified atom stereocenters. The number of hydrogen-bond donors (Lipinski definition) is 2. The van der Waals surface area contributed by atoms with E-state index in [0.29, 0.717) is 5.92 Å². The molecule has 1 aromatic carbocycles. The third-order valence-corrected chi connectivity index (χ3v) is 3.87. The monoisotopic (exact) mass is 260 g/mol. The zero-order chi connectivity index (χ0) is 14.0. The Morgan fingerprint density at radius 3 is 2.42 bits per heavy atom. The first-order chi connectivity index (χ1) is 8.97. The van der Waals surface area contributed by atoms with Gasteiger partial charge in [0, 0.05) is 12.2 Å². The lowest BCUT2D eigenvalue weighted by Gasteiger charge is -2.27. The van der Waals surface area contributed by atoms with Crippen LogP contribution in [-0.2, 0) is 4.79 Å². The number of aryl methyl sites for hydroxylation is 3. The minimum Gasteiger partial charge on any atom is -0.325 e. The summed E-state index contributed by atoms with van der Waals surface area (Å²) in [7, 11) is 0. The molecule has 19 heavy (non-hydrogen) atoms. The molecular weight excluding hydrogens is 236 g/mol. The molecule has 2 rings (SSSR count). The van der Waals surface area contributed by atoms with Crippen molar-refractivity contribution in [3.05, 3.63) is 28.8 Å². The van der Waals surface area contributed by atoms with Crippen LogP contribution < -0.4 is 10.6 Å². The maximum atomic E-state index is 12.4. The molecule has 104 valence electrons. The number of nitrogens with one attached hydrogen (secondary N) is 2. The van der Waals surface area contributed by atoms with Crippen molar-refractivity contribution >= 4 is 11.6 Å². The molecule has 1 aliphatic rings. The fourth-order valence-corrected chi connectivity index (χ4v) is 2.96. The van der Waals surface area contributed by atoms with Crippen molar-refractivity contribution in [3.8, 4) is 0 Å². The highest BCUT2D eigenvalue weighted by Crippen LogP contribution is 2.24. The van der Waals surface area contributed by atoms with Gasteiger partial charge in [0.15, 0.2) is 0 Å². The van der Waals surface area contributed by atoms with Crippen LogP contribution in [0.2, 0.25) is 0 Å². The van der Waals surface area contributed by atoms with Gasteiger partial charge in [-0.1, -0.05) is 24.6 Å². The fraction of sp³-hybridized carbons (Fsp3) is 0.562. The van der Waals surface area contributed by atoms with Crippen LogP contribution in [0.15, 0.2) is 12.1 Å². The van der Waals surface area contributed by atoms with Gasteiger partial charge in [0.25, 0.3) is 0 Å². The average molecular weight is 260 g/mol. The maximum Gasteiger partial charge on any atom is 0.228 e. The highest BCUT2D eigenvalue weighted by Gasteiger charge is 2.25. The van der Waals surface area contributed by atoms with Gasteiger partial charge in [-0.3, -0.25) is 4.79 Å². The first kappa shape index (κ1) is 14.1. The summed E-state index contributed by atoms with van der Waals surface area (Å²) in [5, 5.41) is 6.45. The summed E-state index contributed by atoms with van der Waals surface area (Å²) < 4.78 is 0. The molecule has 1 saturated heterocycles. The molecule has 1 aromatic rings. The van der Waals surface area contributed by atoms with Crippen LogP contribution in [0.3, 0.4) is 0 Å². The topological polar surface area (TPSA) is 41.1 Å². The van der Waals surface area contributed by atoms with Gasteiger partial charge in [-0.05, 0) is 50.8 Å². The van der Waals surface area contributed by atoms with Gasteiger partial charge >= 0.3 is 0 Å². The van der Waals surface area contributed by atoms with Gasteiger partial charge in [0.1, 0.15) is 0 Å². The number of rotatable bonds is 2. The molecule has 0 bridgehead atoms. The first-order valence-corrected chi connectivity index (χ1v) is 7.06. The molecule has 0 spiro atoms. The van der Waals surface area contributed by atoms with E-state index < -0.39 is 0 Å². The number of benzene rings is 1. The van der Waals surface area contributed by atoms with E-state index in [1.54, 1.807) is 0 Å². The van der Waals surface area contributed by atoms with Gasteiger partial charge < -0.3 is 10.6 Å². The summed E-state index contributed by atoms with van der Waals surface area (Å²) in [6, 6.07) is 4.23. The number of piperidine rings is 1. The van der Waals surface area contributed by atoms with Gasteiger partial charge in [-0.25, -0.2) is 0 Å². The van der Waals surface area contributed by atoms with Gasteiger partial charge in [-0.2, -0.15) is 0 Å². The van der Waals surface area contributed by atoms with E-state index in [1.165, 1.54) is 5.56 Å². The Morgan fingerprint density at radius 1 is 1.21 bits per heavy atom. The zero-order valence-electron chi connectivity index (χ0n) is 12.3. The van der Waals surface area contributed by atoms with Crippen molar-refractivity contribution in [2.45, 2.75) is 34.1 Å². The van der Waals surface area contributed by atoms with Crippen molar-refractivity contribution in [2.24, 2.45) is 11.8 Å². The van der Waals surface area contributed by atoms with Crippen LogP contribution in [0, 0.1) is 32.6 Å². The summed E-state index contributed by atoms with van der Waals surface area (Å²) >= 11 is 0. The van der Waals surface area contributed by atoms with E-state index >= 15 is 0 Å². The molecule has 2 atom stereocenters. The molecule has 1 aliphatic heterocycles. The lowest BCUT2D eigenvalue weighted by molar-refractivity contribution is -0.120. The average Bonchev–Trinajstić information content (AvgIpc) is 2.33.